The third-order valence-corrected chi connectivity index (χ3v) is 4.11. The van der Waals surface area contributed by atoms with Crippen LogP contribution in [0.5, 0.6) is 0 Å². The number of hydrogen-bond acceptors (Lipinski definition) is 2. The van der Waals surface area contributed by atoms with E-state index in [4.69, 9.17) is 4.74 Å². The molecule has 1 atom stereocenters. The molecule has 2 rings (SSSR count). The van der Waals surface area contributed by atoms with Crippen molar-refractivity contribution in [1.82, 2.24) is 5.32 Å². The molecule has 1 aliphatic carbocycles. The van der Waals surface area contributed by atoms with Gasteiger partial charge in [0.05, 0.1) is 11.2 Å². The van der Waals surface area contributed by atoms with Crippen LogP contribution in [0.25, 0.3) is 0 Å². The fourth-order valence-electron chi connectivity index (χ4n) is 2.73. The van der Waals surface area contributed by atoms with Gasteiger partial charge in [-0.2, -0.15) is 0 Å². The first-order chi connectivity index (χ1) is 6.56. The number of ether oxygens (including phenoxy) is 1. The number of morpholine rings is 1. The van der Waals surface area contributed by atoms with Crippen molar-refractivity contribution >= 4 is 0 Å². The molecule has 1 aliphatic heterocycles. The molecule has 0 bridgehead atoms. The second-order valence-corrected chi connectivity index (χ2v) is 5.56. The normalized spacial score (nSPS) is 36.9. The van der Waals surface area contributed by atoms with Gasteiger partial charge in [0.1, 0.15) is 0 Å². The predicted molar refractivity (Wildman–Crippen MR) is 58.4 cm³/mol. The molecule has 82 valence electrons. The lowest BCUT2D eigenvalue weighted by atomic mass is 9.87. The van der Waals surface area contributed by atoms with Gasteiger partial charge < -0.3 is 10.1 Å². The van der Waals surface area contributed by atoms with E-state index < -0.39 is 0 Å². The lowest BCUT2D eigenvalue weighted by Gasteiger charge is -2.47. The van der Waals surface area contributed by atoms with Crippen LogP contribution in [-0.2, 0) is 4.74 Å². The van der Waals surface area contributed by atoms with Gasteiger partial charge in [-0.25, -0.2) is 0 Å². The van der Waals surface area contributed by atoms with E-state index in [1.807, 2.05) is 0 Å². The van der Waals surface area contributed by atoms with Crippen LogP contribution in [0.4, 0.5) is 0 Å². The summed E-state index contributed by atoms with van der Waals surface area (Å²) in [4.78, 5) is 0. The van der Waals surface area contributed by atoms with Gasteiger partial charge in [0, 0.05) is 13.1 Å². The zero-order valence-corrected chi connectivity index (χ0v) is 9.73. The van der Waals surface area contributed by atoms with E-state index in [2.05, 4.69) is 26.1 Å². The minimum Gasteiger partial charge on any atom is -0.366 e. The molecular formula is C12H23NO. The van der Waals surface area contributed by atoms with E-state index in [1.165, 1.54) is 25.7 Å². The molecule has 2 heteroatoms. The maximum atomic E-state index is 6.42. The van der Waals surface area contributed by atoms with Gasteiger partial charge in [0.15, 0.2) is 0 Å². The highest BCUT2D eigenvalue weighted by Gasteiger charge is 2.45. The van der Waals surface area contributed by atoms with Crippen molar-refractivity contribution in [2.45, 2.75) is 57.7 Å². The van der Waals surface area contributed by atoms with Crippen LogP contribution in [-0.4, -0.2) is 24.3 Å². The molecule has 1 saturated carbocycles. The lowest BCUT2D eigenvalue weighted by molar-refractivity contribution is -0.185. The molecule has 0 aromatic heterocycles. The molecule has 2 nitrogen and oxygen atoms in total. The van der Waals surface area contributed by atoms with Gasteiger partial charge in [0.25, 0.3) is 0 Å². The zero-order valence-electron chi connectivity index (χ0n) is 9.73. The summed E-state index contributed by atoms with van der Waals surface area (Å²) in [7, 11) is 0. The molecule has 1 N–H and O–H groups in total. The minimum absolute atomic E-state index is 0.0442. The number of rotatable bonds is 1. The Morgan fingerprint density at radius 1 is 1.14 bits per heavy atom. The van der Waals surface area contributed by atoms with Crippen molar-refractivity contribution in [3.05, 3.63) is 0 Å². The Kier molecular flexibility index (Phi) is 2.61. The second kappa shape index (κ2) is 3.49. The monoisotopic (exact) mass is 197 g/mol. The number of hydrogen-bond donors (Lipinski definition) is 1. The van der Waals surface area contributed by atoms with Crippen molar-refractivity contribution in [2.24, 2.45) is 5.92 Å². The molecule has 0 radical (unpaired) electrons. The third-order valence-electron chi connectivity index (χ3n) is 4.11. The summed E-state index contributed by atoms with van der Waals surface area (Å²) < 4.78 is 6.42. The van der Waals surface area contributed by atoms with Crippen LogP contribution in [0.3, 0.4) is 0 Å². The Morgan fingerprint density at radius 2 is 1.79 bits per heavy atom. The Morgan fingerprint density at radius 3 is 2.36 bits per heavy atom. The van der Waals surface area contributed by atoms with Crippen LogP contribution in [0, 0.1) is 5.92 Å². The summed E-state index contributed by atoms with van der Waals surface area (Å²) in [5.41, 5.74) is 0.222. The first kappa shape index (κ1) is 10.4. The molecule has 1 heterocycles. The summed E-state index contributed by atoms with van der Waals surface area (Å²) in [6.07, 6.45) is 5.19. The fourth-order valence-corrected chi connectivity index (χ4v) is 2.73. The molecule has 0 aromatic rings. The first-order valence-electron chi connectivity index (χ1n) is 5.97. The Balaban J connectivity index is 2.10. The highest BCUT2D eigenvalue weighted by atomic mass is 16.5. The first-order valence-corrected chi connectivity index (χ1v) is 5.97. The standard InChI is InChI=1S/C12H23NO/c1-10(2)11(3)8-13-9-12(14-11)6-4-5-7-12/h10,13H,4-9H2,1-3H3. The van der Waals surface area contributed by atoms with E-state index in [1.54, 1.807) is 0 Å². The summed E-state index contributed by atoms with van der Waals surface area (Å²) in [6.45, 7) is 8.84. The highest BCUT2D eigenvalue weighted by Crippen LogP contribution is 2.40. The van der Waals surface area contributed by atoms with Crippen LogP contribution in [0.1, 0.15) is 46.5 Å². The van der Waals surface area contributed by atoms with Crippen LogP contribution >= 0.6 is 0 Å². The average Bonchev–Trinajstić information content (AvgIpc) is 2.53. The molecule has 2 fully saturated rings. The van der Waals surface area contributed by atoms with Crippen molar-refractivity contribution in [3.8, 4) is 0 Å². The van der Waals surface area contributed by atoms with E-state index in [0.717, 1.165) is 13.1 Å². The van der Waals surface area contributed by atoms with Gasteiger partial charge >= 0.3 is 0 Å². The van der Waals surface area contributed by atoms with Crippen molar-refractivity contribution < 1.29 is 4.74 Å². The maximum absolute atomic E-state index is 6.42. The van der Waals surface area contributed by atoms with E-state index in [9.17, 15) is 0 Å². The van der Waals surface area contributed by atoms with Gasteiger partial charge in [-0.3, -0.25) is 0 Å². The second-order valence-electron chi connectivity index (χ2n) is 5.56. The molecule has 2 aliphatic rings. The molecule has 0 aromatic carbocycles. The molecule has 1 saturated heterocycles. The van der Waals surface area contributed by atoms with Crippen LogP contribution in [0.15, 0.2) is 0 Å². The maximum Gasteiger partial charge on any atom is 0.0814 e. The van der Waals surface area contributed by atoms with E-state index in [-0.39, 0.29) is 11.2 Å². The molecular weight excluding hydrogens is 174 g/mol. The zero-order chi connectivity index (χ0) is 10.2. The quantitative estimate of drug-likeness (QED) is 0.696. The Hall–Kier alpha value is -0.0800. The minimum atomic E-state index is 0.0442. The SMILES string of the molecule is CC(C)C1(C)CNCC2(CCCC2)O1. The lowest BCUT2D eigenvalue weighted by Crippen LogP contribution is -2.60. The van der Waals surface area contributed by atoms with E-state index in [0.29, 0.717) is 5.92 Å². The topological polar surface area (TPSA) is 21.3 Å². The average molecular weight is 197 g/mol. The smallest absolute Gasteiger partial charge is 0.0814 e. The van der Waals surface area contributed by atoms with Gasteiger partial charge in [-0.1, -0.05) is 26.7 Å². The van der Waals surface area contributed by atoms with Gasteiger partial charge in [-0.05, 0) is 25.7 Å². The summed E-state index contributed by atoms with van der Waals surface area (Å²) >= 11 is 0. The van der Waals surface area contributed by atoms with Crippen LogP contribution < -0.4 is 5.32 Å². The van der Waals surface area contributed by atoms with Gasteiger partial charge in [0.2, 0.25) is 0 Å². The fraction of sp³-hybridized carbons (Fsp3) is 1.00. The third kappa shape index (κ3) is 1.70. The summed E-state index contributed by atoms with van der Waals surface area (Å²) in [6, 6.07) is 0. The van der Waals surface area contributed by atoms with Crippen molar-refractivity contribution in [3.63, 3.8) is 0 Å². The van der Waals surface area contributed by atoms with Crippen molar-refractivity contribution in [1.29, 1.82) is 0 Å². The highest BCUT2D eigenvalue weighted by molar-refractivity contribution is 4.98. The summed E-state index contributed by atoms with van der Waals surface area (Å²) in [5, 5.41) is 3.56. The molecule has 14 heavy (non-hydrogen) atoms. The number of nitrogens with one attached hydrogen (secondary N) is 1. The Labute approximate surface area is 87.4 Å². The molecule has 1 spiro atoms. The summed E-state index contributed by atoms with van der Waals surface area (Å²) in [5.74, 6) is 0.591. The Bertz CT molecular complexity index is 204. The largest absolute Gasteiger partial charge is 0.366 e. The van der Waals surface area contributed by atoms with E-state index >= 15 is 0 Å². The molecule has 0 amide bonds. The predicted octanol–water partition coefficient (Wildman–Crippen LogP) is 2.33. The van der Waals surface area contributed by atoms with Gasteiger partial charge in [-0.15, -0.1) is 0 Å². The molecule has 1 unspecified atom stereocenters. The van der Waals surface area contributed by atoms with Crippen LogP contribution in [0.2, 0.25) is 0 Å². The van der Waals surface area contributed by atoms with Crippen molar-refractivity contribution in [2.75, 3.05) is 13.1 Å².